The third-order valence-electron chi connectivity index (χ3n) is 3.70. The molecule has 0 aromatic rings. The lowest BCUT2D eigenvalue weighted by molar-refractivity contribution is -0.121. The van der Waals surface area contributed by atoms with Crippen molar-refractivity contribution in [2.75, 3.05) is 20.1 Å². The van der Waals surface area contributed by atoms with E-state index in [0.29, 0.717) is 24.7 Å². The van der Waals surface area contributed by atoms with Gasteiger partial charge in [-0.05, 0) is 39.7 Å². The molecular formula is C12H23N3O. The van der Waals surface area contributed by atoms with Crippen LogP contribution in [0, 0.1) is 0 Å². The Kier molecular flexibility index (Phi) is 3.82. The summed E-state index contributed by atoms with van der Waals surface area (Å²) in [7, 11) is 2.15. The van der Waals surface area contributed by atoms with Crippen molar-refractivity contribution in [1.29, 1.82) is 0 Å². The Hall–Kier alpha value is -0.610. The number of nitrogens with zero attached hydrogens (tertiary/aromatic N) is 1. The molecule has 16 heavy (non-hydrogen) atoms. The molecule has 4 heteroatoms. The van der Waals surface area contributed by atoms with Gasteiger partial charge in [-0.25, -0.2) is 0 Å². The lowest BCUT2D eigenvalue weighted by Gasteiger charge is -2.35. The van der Waals surface area contributed by atoms with Crippen LogP contribution in [0.4, 0.5) is 0 Å². The molecule has 2 aliphatic rings. The molecule has 2 N–H and O–H groups in total. The maximum absolute atomic E-state index is 11.6. The summed E-state index contributed by atoms with van der Waals surface area (Å²) in [5.41, 5.74) is 0. The van der Waals surface area contributed by atoms with Crippen LogP contribution in [0.15, 0.2) is 0 Å². The minimum atomic E-state index is 0.161. The average Bonchev–Trinajstić information content (AvgIpc) is 3.04. The molecule has 1 saturated heterocycles. The van der Waals surface area contributed by atoms with Crippen molar-refractivity contribution >= 4 is 5.91 Å². The summed E-state index contributed by atoms with van der Waals surface area (Å²) in [5.74, 6) is 0.161. The third-order valence-corrected chi connectivity index (χ3v) is 3.70. The minimum absolute atomic E-state index is 0.161. The molecule has 2 atom stereocenters. The van der Waals surface area contributed by atoms with Crippen LogP contribution in [-0.2, 0) is 4.79 Å². The van der Waals surface area contributed by atoms with Crippen LogP contribution in [0.5, 0.6) is 0 Å². The highest BCUT2D eigenvalue weighted by molar-refractivity contribution is 5.78. The van der Waals surface area contributed by atoms with Crippen molar-refractivity contribution < 1.29 is 4.79 Å². The maximum atomic E-state index is 11.6. The summed E-state index contributed by atoms with van der Waals surface area (Å²) in [6.07, 6.45) is 4.62. The van der Waals surface area contributed by atoms with Crippen molar-refractivity contribution in [2.24, 2.45) is 0 Å². The number of hydrogen-bond donors (Lipinski definition) is 2. The van der Waals surface area contributed by atoms with Crippen LogP contribution < -0.4 is 10.6 Å². The highest BCUT2D eigenvalue weighted by Gasteiger charge is 2.25. The third kappa shape index (κ3) is 3.46. The van der Waals surface area contributed by atoms with E-state index in [9.17, 15) is 4.79 Å². The SMILES string of the molecule is CC1CC(NC(=O)CNC2CC2)CCN1C. The summed E-state index contributed by atoms with van der Waals surface area (Å²) >= 11 is 0. The van der Waals surface area contributed by atoms with E-state index < -0.39 is 0 Å². The number of carbonyl (C=O) groups is 1. The fourth-order valence-corrected chi connectivity index (χ4v) is 2.22. The van der Waals surface area contributed by atoms with Crippen LogP contribution >= 0.6 is 0 Å². The van der Waals surface area contributed by atoms with Crippen LogP contribution in [-0.4, -0.2) is 49.1 Å². The number of carbonyl (C=O) groups excluding carboxylic acids is 1. The summed E-state index contributed by atoms with van der Waals surface area (Å²) < 4.78 is 0. The van der Waals surface area contributed by atoms with Gasteiger partial charge in [-0.15, -0.1) is 0 Å². The molecule has 1 heterocycles. The van der Waals surface area contributed by atoms with Crippen molar-refractivity contribution in [3.8, 4) is 0 Å². The smallest absolute Gasteiger partial charge is 0.234 e. The second kappa shape index (κ2) is 5.15. The summed E-state index contributed by atoms with van der Waals surface area (Å²) in [6.45, 7) is 3.80. The predicted octanol–water partition coefficient (Wildman–Crippen LogP) is 0.337. The molecule has 4 nitrogen and oxygen atoms in total. The molecular weight excluding hydrogens is 202 g/mol. The molecule has 0 aromatic heterocycles. The molecule has 1 aliphatic carbocycles. The molecule has 2 fully saturated rings. The molecule has 2 rings (SSSR count). The standard InChI is InChI=1S/C12H23N3O/c1-9-7-11(5-6-15(9)2)14-12(16)8-13-10-3-4-10/h9-11,13H,3-8H2,1-2H3,(H,14,16). The van der Waals surface area contributed by atoms with Gasteiger partial charge in [-0.1, -0.05) is 0 Å². The van der Waals surface area contributed by atoms with Gasteiger partial charge in [0, 0.05) is 24.7 Å². The summed E-state index contributed by atoms with van der Waals surface area (Å²) in [5, 5.41) is 6.37. The zero-order valence-corrected chi connectivity index (χ0v) is 10.3. The Bertz CT molecular complexity index is 253. The molecule has 0 spiro atoms. The molecule has 2 unspecified atom stereocenters. The van der Waals surface area contributed by atoms with Crippen molar-refractivity contribution in [2.45, 2.75) is 50.7 Å². The zero-order chi connectivity index (χ0) is 11.5. The van der Waals surface area contributed by atoms with E-state index in [1.165, 1.54) is 12.8 Å². The topological polar surface area (TPSA) is 44.4 Å². The first-order valence-corrected chi connectivity index (χ1v) is 6.38. The molecule has 0 aromatic carbocycles. The molecule has 1 saturated carbocycles. The lowest BCUT2D eigenvalue weighted by Crippen LogP contribution is -2.49. The predicted molar refractivity (Wildman–Crippen MR) is 64.3 cm³/mol. The second-order valence-corrected chi connectivity index (χ2v) is 5.27. The molecule has 92 valence electrons. The average molecular weight is 225 g/mol. The normalized spacial score (nSPS) is 31.4. The van der Waals surface area contributed by atoms with E-state index >= 15 is 0 Å². The molecule has 0 bridgehead atoms. The second-order valence-electron chi connectivity index (χ2n) is 5.27. The minimum Gasteiger partial charge on any atom is -0.352 e. The van der Waals surface area contributed by atoms with E-state index in [2.05, 4.69) is 29.5 Å². The fraction of sp³-hybridized carbons (Fsp3) is 0.917. The molecule has 1 amide bonds. The molecule has 0 radical (unpaired) electrons. The number of rotatable bonds is 4. The number of piperidine rings is 1. The first-order valence-electron chi connectivity index (χ1n) is 6.38. The van der Waals surface area contributed by atoms with Gasteiger partial charge in [0.15, 0.2) is 0 Å². The van der Waals surface area contributed by atoms with Gasteiger partial charge in [0.1, 0.15) is 0 Å². The van der Waals surface area contributed by atoms with Crippen molar-refractivity contribution in [1.82, 2.24) is 15.5 Å². The van der Waals surface area contributed by atoms with E-state index in [1.807, 2.05) is 0 Å². The van der Waals surface area contributed by atoms with Crippen molar-refractivity contribution in [3.05, 3.63) is 0 Å². The summed E-state index contributed by atoms with van der Waals surface area (Å²) in [4.78, 5) is 14.0. The van der Waals surface area contributed by atoms with Gasteiger partial charge in [0.05, 0.1) is 6.54 Å². The number of likely N-dealkylation sites (tertiary alicyclic amines) is 1. The van der Waals surface area contributed by atoms with E-state index in [-0.39, 0.29) is 5.91 Å². The van der Waals surface area contributed by atoms with Gasteiger partial charge >= 0.3 is 0 Å². The quantitative estimate of drug-likeness (QED) is 0.725. The van der Waals surface area contributed by atoms with Gasteiger partial charge in [0.25, 0.3) is 0 Å². The Labute approximate surface area is 97.8 Å². The van der Waals surface area contributed by atoms with E-state index in [4.69, 9.17) is 0 Å². The molecule has 1 aliphatic heterocycles. The van der Waals surface area contributed by atoms with Gasteiger partial charge in [0.2, 0.25) is 5.91 Å². The Morgan fingerprint density at radius 3 is 2.69 bits per heavy atom. The number of amides is 1. The van der Waals surface area contributed by atoms with Crippen molar-refractivity contribution in [3.63, 3.8) is 0 Å². The zero-order valence-electron chi connectivity index (χ0n) is 10.3. The van der Waals surface area contributed by atoms with E-state index in [1.54, 1.807) is 0 Å². The largest absolute Gasteiger partial charge is 0.352 e. The Morgan fingerprint density at radius 1 is 1.31 bits per heavy atom. The Morgan fingerprint density at radius 2 is 2.06 bits per heavy atom. The van der Waals surface area contributed by atoms with Gasteiger partial charge in [-0.2, -0.15) is 0 Å². The number of hydrogen-bond acceptors (Lipinski definition) is 3. The van der Waals surface area contributed by atoms with Crippen LogP contribution in [0.2, 0.25) is 0 Å². The monoisotopic (exact) mass is 225 g/mol. The first-order chi connectivity index (χ1) is 7.65. The summed E-state index contributed by atoms with van der Waals surface area (Å²) in [6, 6.07) is 1.57. The van der Waals surface area contributed by atoms with Gasteiger partial charge < -0.3 is 15.5 Å². The van der Waals surface area contributed by atoms with E-state index in [0.717, 1.165) is 19.4 Å². The van der Waals surface area contributed by atoms with Gasteiger partial charge in [-0.3, -0.25) is 4.79 Å². The van der Waals surface area contributed by atoms with Crippen LogP contribution in [0.3, 0.4) is 0 Å². The highest BCUT2D eigenvalue weighted by atomic mass is 16.2. The lowest BCUT2D eigenvalue weighted by atomic mass is 9.99. The highest BCUT2D eigenvalue weighted by Crippen LogP contribution is 2.18. The van der Waals surface area contributed by atoms with Crippen LogP contribution in [0.25, 0.3) is 0 Å². The maximum Gasteiger partial charge on any atom is 0.234 e. The number of nitrogens with one attached hydrogen (secondary N) is 2. The van der Waals surface area contributed by atoms with Crippen LogP contribution in [0.1, 0.15) is 32.6 Å². The first kappa shape index (κ1) is 11.9. The Balaban J connectivity index is 1.65. The fourth-order valence-electron chi connectivity index (χ4n) is 2.22.